The summed E-state index contributed by atoms with van der Waals surface area (Å²) in [4.78, 5) is 17.2. The molecule has 0 radical (unpaired) electrons. The molecule has 0 saturated carbocycles. The fourth-order valence-electron chi connectivity index (χ4n) is 0.946. The van der Waals surface area contributed by atoms with E-state index in [1.165, 1.54) is 23.3 Å². The number of nitrogen functional groups attached to an aromatic ring is 1. The van der Waals surface area contributed by atoms with Crippen LogP contribution in [0.15, 0.2) is 29.6 Å². The van der Waals surface area contributed by atoms with Gasteiger partial charge in [-0.05, 0) is 0 Å². The van der Waals surface area contributed by atoms with Crippen molar-refractivity contribution in [2.24, 2.45) is 0 Å². The summed E-state index contributed by atoms with van der Waals surface area (Å²) in [5.74, 6) is 0.445. The van der Waals surface area contributed by atoms with Gasteiger partial charge >= 0.3 is 0 Å². The normalized spacial score (nSPS) is 10.2. The molecule has 2 rings (SSSR count). The summed E-state index contributed by atoms with van der Waals surface area (Å²) >= 11 is 0. The van der Waals surface area contributed by atoms with Crippen molar-refractivity contribution < 1.29 is 0 Å². The first kappa shape index (κ1) is 7.53. The first-order chi connectivity index (χ1) is 6.25. The molecule has 2 heterocycles. The fourth-order valence-corrected chi connectivity index (χ4v) is 0.946. The second-order valence-electron chi connectivity index (χ2n) is 2.49. The zero-order valence-corrected chi connectivity index (χ0v) is 6.64. The smallest absolute Gasteiger partial charge is 0.252 e. The van der Waals surface area contributed by atoms with E-state index >= 15 is 0 Å². The summed E-state index contributed by atoms with van der Waals surface area (Å²) < 4.78 is 1.44. The van der Waals surface area contributed by atoms with Crippen LogP contribution in [0.4, 0.5) is 5.69 Å². The van der Waals surface area contributed by atoms with E-state index in [0.717, 1.165) is 0 Å². The topological polar surface area (TPSA) is 89.6 Å². The number of nitrogens with zero attached hydrogens (tertiary/aromatic N) is 3. The minimum absolute atomic E-state index is 0.223. The maximum Gasteiger partial charge on any atom is 0.252 e. The predicted molar refractivity (Wildman–Crippen MR) is 46.4 cm³/mol. The number of hydrogen-bond acceptors (Lipinski definition) is 4. The molecule has 3 N–H and O–H groups in total. The van der Waals surface area contributed by atoms with Gasteiger partial charge in [-0.2, -0.15) is 5.10 Å². The van der Waals surface area contributed by atoms with Crippen molar-refractivity contribution in [1.82, 2.24) is 19.7 Å². The molecular weight excluding hydrogens is 170 g/mol. The molecule has 6 heteroatoms. The number of aromatic amines is 1. The average molecular weight is 177 g/mol. The zero-order chi connectivity index (χ0) is 9.26. The molecule has 0 atom stereocenters. The van der Waals surface area contributed by atoms with E-state index in [9.17, 15) is 4.79 Å². The third kappa shape index (κ3) is 1.41. The van der Waals surface area contributed by atoms with Gasteiger partial charge in [0.15, 0.2) is 5.82 Å². The highest BCUT2D eigenvalue weighted by molar-refractivity contribution is 5.34. The molecule has 0 aliphatic heterocycles. The van der Waals surface area contributed by atoms with Gasteiger partial charge in [0.2, 0.25) is 0 Å². The summed E-state index contributed by atoms with van der Waals surface area (Å²) in [5.41, 5.74) is 5.76. The Bertz CT molecular complexity index is 471. The summed E-state index contributed by atoms with van der Waals surface area (Å²) in [5, 5.41) is 3.90. The number of rotatable bonds is 1. The van der Waals surface area contributed by atoms with Gasteiger partial charge in [-0.1, -0.05) is 0 Å². The van der Waals surface area contributed by atoms with Gasteiger partial charge in [0.05, 0.1) is 24.4 Å². The Morgan fingerprint density at radius 1 is 1.54 bits per heavy atom. The molecule has 0 amide bonds. The number of aromatic nitrogens is 4. The molecule has 0 unspecified atom stereocenters. The Morgan fingerprint density at radius 2 is 2.38 bits per heavy atom. The second-order valence-corrected chi connectivity index (χ2v) is 2.49. The molecule has 0 aromatic carbocycles. The maximum atomic E-state index is 10.9. The zero-order valence-electron chi connectivity index (χ0n) is 6.64. The summed E-state index contributed by atoms with van der Waals surface area (Å²) in [6, 6.07) is 1.34. The molecule has 0 spiro atoms. The van der Waals surface area contributed by atoms with Crippen LogP contribution in [-0.2, 0) is 0 Å². The Morgan fingerprint density at radius 3 is 3.00 bits per heavy atom. The van der Waals surface area contributed by atoms with Crippen molar-refractivity contribution in [3.05, 3.63) is 35.1 Å². The Kier molecular flexibility index (Phi) is 1.59. The largest absolute Gasteiger partial charge is 0.396 e. The summed E-state index contributed by atoms with van der Waals surface area (Å²) in [6.07, 6.45) is 4.39. The Hall–Kier alpha value is -2.11. The van der Waals surface area contributed by atoms with E-state index in [0.29, 0.717) is 11.5 Å². The second kappa shape index (κ2) is 2.74. The van der Waals surface area contributed by atoms with Crippen LogP contribution in [0.25, 0.3) is 5.82 Å². The van der Waals surface area contributed by atoms with Gasteiger partial charge in [0.1, 0.15) is 0 Å². The molecule has 0 saturated heterocycles. The van der Waals surface area contributed by atoms with Crippen molar-refractivity contribution in [3.8, 4) is 5.82 Å². The van der Waals surface area contributed by atoms with Crippen LogP contribution in [0.2, 0.25) is 0 Å². The Balaban J connectivity index is 2.52. The molecule has 0 fully saturated rings. The number of nitrogens with two attached hydrogens (primary N) is 1. The molecule has 0 bridgehead atoms. The minimum atomic E-state index is -0.223. The highest BCUT2D eigenvalue weighted by atomic mass is 16.1. The van der Waals surface area contributed by atoms with Crippen molar-refractivity contribution >= 4 is 5.69 Å². The monoisotopic (exact) mass is 177 g/mol. The summed E-state index contributed by atoms with van der Waals surface area (Å²) in [6.45, 7) is 0. The third-order valence-electron chi connectivity index (χ3n) is 1.50. The number of nitrogens with one attached hydrogen (secondary N) is 1. The van der Waals surface area contributed by atoms with E-state index in [2.05, 4.69) is 15.1 Å². The molecule has 0 aliphatic rings. The van der Waals surface area contributed by atoms with Gasteiger partial charge in [-0.25, -0.2) is 9.67 Å². The first-order valence-electron chi connectivity index (χ1n) is 3.61. The van der Waals surface area contributed by atoms with Gasteiger partial charge < -0.3 is 10.7 Å². The van der Waals surface area contributed by atoms with Crippen molar-refractivity contribution in [2.45, 2.75) is 0 Å². The summed E-state index contributed by atoms with van der Waals surface area (Å²) in [7, 11) is 0. The van der Waals surface area contributed by atoms with Crippen LogP contribution in [0.1, 0.15) is 0 Å². The van der Waals surface area contributed by atoms with Crippen molar-refractivity contribution in [3.63, 3.8) is 0 Å². The highest BCUT2D eigenvalue weighted by Gasteiger charge is 1.99. The molecule has 2 aromatic heterocycles. The molecule has 6 nitrogen and oxygen atoms in total. The lowest BCUT2D eigenvalue weighted by molar-refractivity contribution is 0.835. The maximum absolute atomic E-state index is 10.9. The minimum Gasteiger partial charge on any atom is -0.396 e. The number of H-pyrrole nitrogens is 1. The molecular formula is C7H7N5O. The van der Waals surface area contributed by atoms with E-state index < -0.39 is 0 Å². The van der Waals surface area contributed by atoms with Crippen LogP contribution in [0, 0.1) is 0 Å². The lowest BCUT2D eigenvalue weighted by Gasteiger charge is -1.96. The lowest BCUT2D eigenvalue weighted by Crippen LogP contribution is -2.08. The van der Waals surface area contributed by atoms with Crippen molar-refractivity contribution in [1.29, 1.82) is 0 Å². The molecule has 0 aliphatic carbocycles. The molecule has 2 aromatic rings. The molecule has 66 valence electrons. The van der Waals surface area contributed by atoms with Gasteiger partial charge in [0, 0.05) is 6.07 Å². The predicted octanol–water partition coefficient (Wildman–Crippen LogP) is -0.462. The Labute approximate surface area is 73.0 Å². The van der Waals surface area contributed by atoms with Gasteiger partial charge in [-0.3, -0.25) is 4.79 Å². The van der Waals surface area contributed by atoms with Crippen LogP contribution in [0.3, 0.4) is 0 Å². The molecule has 13 heavy (non-hydrogen) atoms. The number of hydrogen-bond donors (Lipinski definition) is 2. The lowest BCUT2D eigenvalue weighted by atomic mass is 10.5. The number of anilines is 1. The average Bonchev–Trinajstić information content (AvgIpc) is 2.52. The van der Waals surface area contributed by atoms with Gasteiger partial charge in [-0.15, -0.1) is 0 Å². The van der Waals surface area contributed by atoms with Crippen molar-refractivity contribution in [2.75, 3.05) is 5.73 Å². The van der Waals surface area contributed by atoms with Gasteiger partial charge in [0.25, 0.3) is 5.56 Å². The van der Waals surface area contributed by atoms with E-state index in [1.807, 2.05) is 0 Å². The van der Waals surface area contributed by atoms with Crippen LogP contribution >= 0.6 is 0 Å². The van der Waals surface area contributed by atoms with E-state index in [-0.39, 0.29) is 5.56 Å². The van der Waals surface area contributed by atoms with Crippen LogP contribution in [0.5, 0.6) is 0 Å². The highest BCUT2D eigenvalue weighted by Crippen LogP contribution is 2.02. The van der Waals surface area contributed by atoms with Crippen LogP contribution in [-0.4, -0.2) is 19.7 Å². The standard InChI is InChI=1S/C7H7N5O/c8-5-2-11-12(3-5)6-1-7(13)10-4-9-6/h1-4H,8H2,(H,9,10,13). The SMILES string of the molecule is Nc1cnn(-c2cc(=O)[nH]cn2)c1. The first-order valence-corrected chi connectivity index (χ1v) is 3.61. The quantitative estimate of drug-likeness (QED) is 0.616. The van der Waals surface area contributed by atoms with E-state index in [4.69, 9.17) is 5.73 Å². The van der Waals surface area contributed by atoms with E-state index in [1.54, 1.807) is 6.20 Å². The third-order valence-corrected chi connectivity index (χ3v) is 1.50. The fraction of sp³-hybridized carbons (Fsp3) is 0. The van der Waals surface area contributed by atoms with Crippen LogP contribution < -0.4 is 11.3 Å².